The predicted octanol–water partition coefficient (Wildman–Crippen LogP) is 2.73. The maximum absolute atomic E-state index is 13.7. The van der Waals surface area contributed by atoms with Crippen LogP contribution in [0.5, 0.6) is 0 Å². The molecule has 2 heterocycles. The molecule has 0 aromatic heterocycles. The van der Waals surface area contributed by atoms with E-state index >= 15 is 0 Å². The van der Waals surface area contributed by atoms with Crippen LogP contribution in [0.3, 0.4) is 0 Å². The van der Waals surface area contributed by atoms with Crippen LogP contribution in [0.1, 0.15) is 65.2 Å². The van der Waals surface area contributed by atoms with E-state index in [0.717, 1.165) is 25.7 Å². The highest BCUT2D eigenvalue weighted by molar-refractivity contribution is 6.08. The van der Waals surface area contributed by atoms with Gasteiger partial charge in [-0.05, 0) is 44.4 Å². The number of Topliss-reactive ketones (excluding diaryl/α,β-unsaturated/α-hetero) is 2. The molecule has 158 valence electrons. The Morgan fingerprint density at radius 1 is 1.07 bits per heavy atom. The molecule has 0 radical (unpaired) electrons. The number of hydrogen-bond donors (Lipinski definition) is 0. The van der Waals surface area contributed by atoms with Crippen molar-refractivity contribution < 1.29 is 23.9 Å². The summed E-state index contributed by atoms with van der Waals surface area (Å²) in [6.45, 7) is 4.39. The highest BCUT2D eigenvalue weighted by Crippen LogP contribution is 2.83. The van der Waals surface area contributed by atoms with Crippen molar-refractivity contribution in [1.82, 2.24) is 0 Å². The Bertz CT molecular complexity index is 1000. The molecule has 2 bridgehead atoms. The van der Waals surface area contributed by atoms with Gasteiger partial charge in [0.2, 0.25) is 0 Å². The first-order valence-electron chi connectivity index (χ1n) is 11.6. The van der Waals surface area contributed by atoms with Gasteiger partial charge in [-0.1, -0.05) is 13.8 Å². The average molecular weight is 409 g/mol. The molecule has 0 aromatic carbocycles. The predicted molar refractivity (Wildman–Crippen MR) is 102 cm³/mol. The third-order valence-electron chi connectivity index (χ3n) is 11.4. The minimum atomic E-state index is -0.917. The molecule has 6 heteroatoms. The first-order chi connectivity index (χ1) is 14.2. The van der Waals surface area contributed by atoms with Gasteiger partial charge in [0.05, 0.1) is 23.5 Å². The normalized spacial score (nSPS) is 61.9. The van der Waals surface area contributed by atoms with Crippen LogP contribution in [0.25, 0.3) is 0 Å². The number of epoxide rings is 1. The summed E-state index contributed by atoms with van der Waals surface area (Å²) in [6, 6.07) is 2.53. The number of esters is 1. The van der Waals surface area contributed by atoms with Crippen molar-refractivity contribution in [3.8, 4) is 6.07 Å². The van der Waals surface area contributed by atoms with E-state index in [1.165, 1.54) is 0 Å². The number of carbonyl (C=O) groups is 3. The number of ether oxygens (including phenoxy) is 2. The zero-order valence-corrected chi connectivity index (χ0v) is 17.5. The van der Waals surface area contributed by atoms with Crippen LogP contribution < -0.4 is 0 Å². The number of nitriles is 1. The maximum atomic E-state index is 13.7. The van der Waals surface area contributed by atoms with Crippen LogP contribution in [0.4, 0.5) is 0 Å². The van der Waals surface area contributed by atoms with E-state index in [1.807, 2.05) is 0 Å². The van der Waals surface area contributed by atoms with Crippen LogP contribution >= 0.6 is 0 Å². The highest BCUT2D eigenvalue weighted by atomic mass is 16.6. The second-order valence-corrected chi connectivity index (χ2v) is 11.7. The molecule has 2 aliphatic heterocycles. The summed E-state index contributed by atoms with van der Waals surface area (Å²) in [6.07, 6.45) is 5.30. The molecule has 5 aliphatic carbocycles. The van der Waals surface area contributed by atoms with Crippen molar-refractivity contribution in [1.29, 1.82) is 5.26 Å². The van der Waals surface area contributed by atoms with Crippen molar-refractivity contribution in [2.45, 2.75) is 82.5 Å². The van der Waals surface area contributed by atoms with Crippen LogP contribution in [0.2, 0.25) is 0 Å². The Morgan fingerprint density at radius 2 is 1.87 bits per heavy atom. The molecule has 30 heavy (non-hydrogen) atoms. The molecule has 10 atom stereocenters. The second-order valence-electron chi connectivity index (χ2n) is 11.7. The fraction of sp³-hybridized carbons (Fsp3) is 0.833. The maximum Gasteiger partial charge on any atom is 0.306 e. The molecule has 7 rings (SSSR count). The molecular formula is C24H27NO5. The summed E-state index contributed by atoms with van der Waals surface area (Å²) in [7, 11) is 0. The summed E-state index contributed by atoms with van der Waals surface area (Å²) >= 11 is 0. The largest absolute Gasteiger partial charge is 0.458 e. The molecule has 7 fully saturated rings. The van der Waals surface area contributed by atoms with Crippen molar-refractivity contribution >= 4 is 17.5 Å². The Morgan fingerprint density at radius 3 is 2.57 bits per heavy atom. The van der Waals surface area contributed by atoms with Gasteiger partial charge in [0.25, 0.3) is 0 Å². The fourth-order valence-electron chi connectivity index (χ4n) is 10.1. The molecule has 2 saturated heterocycles. The van der Waals surface area contributed by atoms with Crippen molar-refractivity contribution in [3.63, 3.8) is 0 Å². The molecule has 5 unspecified atom stereocenters. The number of rotatable bonds is 0. The first kappa shape index (κ1) is 17.9. The van der Waals surface area contributed by atoms with Gasteiger partial charge in [-0.2, -0.15) is 5.26 Å². The lowest BCUT2D eigenvalue weighted by molar-refractivity contribution is -0.174. The summed E-state index contributed by atoms with van der Waals surface area (Å²) in [5.74, 6) is -0.966. The zero-order chi connectivity index (χ0) is 20.9. The van der Waals surface area contributed by atoms with Crippen LogP contribution in [0.15, 0.2) is 0 Å². The lowest BCUT2D eigenvalue weighted by Crippen LogP contribution is -2.66. The molecular weight excluding hydrogens is 382 g/mol. The average Bonchev–Trinajstić information content (AvgIpc) is 3.01. The van der Waals surface area contributed by atoms with E-state index in [4.69, 9.17) is 9.47 Å². The smallest absolute Gasteiger partial charge is 0.306 e. The van der Waals surface area contributed by atoms with E-state index < -0.39 is 27.9 Å². The third-order valence-corrected chi connectivity index (χ3v) is 11.4. The molecule has 5 saturated carbocycles. The van der Waals surface area contributed by atoms with E-state index in [1.54, 1.807) is 0 Å². The van der Waals surface area contributed by atoms with Crippen LogP contribution in [-0.2, 0) is 23.9 Å². The minimum Gasteiger partial charge on any atom is -0.458 e. The van der Waals surface area contributed by atoms with Crippen molar-refractivity contribution in [2.24, 2.45) is 39.9 Å². The van der Waals surface area contributed by atoms with Gasteiger partial charge in [-0.3, -0.25) is 14.4 Å². The first-order valence-corrected chi connectivity index (χ1v) is 11.6. The minimum absolute atomic E-state index is 0.00258. The SMILES string of the molecule is CC12C[C@@H]3O[C@@]34C(C1CC[C@@]21CCC(=O)O1)[C@@H]1C[C@]2(C#N)C(C(=O)CCC24C)C1=O. The highest BCUT2D eigenvalue weighted by Gasteiger charge is 2.90. The molecule has 0 N–H and O–H groups in total. The standard InChI is InChI=1S/C24H27NO5/c1-20-10-15-24(29-15)17(13(20)3-7-23(20)8-5-16(27)30-23)12-9-22(11-25)18(19(12)28)14(26)4-6-21(22,24)2/h12-13,15,17-18H,3-10H2,1-2H3/t12-,13?,15-,17?,18?,20?,21?,22-,23+,24+/m0/s1. The number of fused-ring (bicyclic) bond motifs is 5. The quantitative estimate of drug-likeness (QED) is 0.347. The summed E-state index contributed by atoms with van der Waals surface area (Å²) in [5, 5.41) is 10.4. The fourth-order valence-corrected chi connectivity index (χ4v) is 10.1. The molecule has 6 nitrogen and oxygen atoms in total. The van der Waals surface area contributed by atoms with Crippen molar-refractivity contribution in [2.75, 3.05) is 0 Å². The summed E-state index contributed by atoms with van der Waals surface area (Å²) < 4.78 is 12.6. The third kappa shape index (κ3) is 1.43. The van der Waals surface area contributed by atoms with Crippen molar-refractivity contribution in [3.05, 3.63) is 0 Å². The topological polar surface area (TPSA) is 96.8 Å². The molecule has 7 aliphatic rings. The zero-order valence-electron chi connectivity index (χ0n) is 17.5. The van der Waals surface area contributed by atoms with Crippen LogP contribution in [-0.4, -0.2) is 34.8 Å². The van der Waals surface area contributed by atoms with Gasteiger partial charge in [0.1, 0.15) is 22.8 Å². The van der Waals surface area contributed by atoms with E-state index in [9.17, 15) is 19.6 Å². The molecule has 0 amide bonds. The van der Waals surface area contributed by atoms with E-state index in [0.29, 0.717) is 25.7 Å². The van der Waals surface area contributed by atoms with Gasteiger partial charge < -0.3 is 9.47 Å². The van der Waals surface area contributed by atoms with Gasteiger partial charge in [-0.25, -0.2) is 0 Å². The number of hydrogen-bond acceptors (Lipinski definition) is 6. The monoisotopic (exact) mass is 409 g/mol. The number of ketones is 2. The lowest BCUT2D eigenvalue weighted by atomic mass is 9.39. The Balaban J connectivity index is 1.42. The summed E-state index contributed by atoms with van der Waals surface area (Å²) in [4.78, 5) is 38.7. The van der Waals surface area contributed by atoms with Gasteiger partial charge in [-0.15, -0.1) is 0 Å². The lowest BCUT2D eigenvalue weighted by Gasteiger charge is -2.60. The number of nitrogens with zero attached hydrogens (tertiary/aromatic N) is 1. The molecule has 2 spiro atoms. The van der Waals surface area contributed by atoms with Crippen LogP contribution in [0, 0.1) is 51.2 Å². The Hall–Kier alpha value is -1.74. The Kier molecular flexibility index (Phi) is 2.80. The van der Waals surface area contributed by atoms with E-state index in [-0.39, 0.29) is 46.8 Å². The summed E-state index contributed by atoms with van der Waals surface area (Å²) in [5.41, 5.74) is -2.52. The van der Waals surface area contributed by atoms with Gasteiger partial charge in [0.15, 0.2) is 0 Å². The number of carbonyl (C=O) groups excluding carboxylic acids is 3. The van der Waals surface area contributed by atoms with E-state index in [2.05, 4.69) is 19.9 Å². The van der Waals surface area contributed by atoms with Gasteiger partial charge >= 0.3 is 5.97 Å². The Labute approximate surface area is 175 Å². The molecule has 0 aromatic rings. The van der Waals surface area contributed by atoms with Gasteiger partial charge in [0, 0.05) is 35.5 Å². The second kappa shape index (κ2) is 4.70.